The lowest BCUT2D eigenvalue weighted by atomic mass is 9.67. The van der Waals surface area contributed by atoms with Gasteiger partial charge in [0, 0.05) is 27.9 Å². The SMILES string of the molecule is CC1(c2ccccc2)CC(c2c(N)ccc(-c3ccccc3)c2C(=O)O)Nc2ccc(C(=N)N)cc21. The molecule has 0 bridgehead atoms. The fourth-order valence-electron chi connectivity index (χ4n) is 5.40. The third kappa shape index (κ3) is 3.86. The smallest absolute Gasteiger partial charge is 0.336 e. The van der Waals surface area contributed by atoms with Crippen molar-refractivity contribution in [1.29, 1.82) is 5.41 Å². The van der Waals surface area contributed by atoms with Crippen molar-refractivity contribution in [3.05, 3.63) is 119 Å². The van der Waals surface area contributed by atoms with Crippen LogP contribution in [0.15, 0.2) is 91.0 Å². The highest BCUT2D eigenvalue weighted by atomic mass is 16.4. The minimum atomic E-state index is -1.02. The number of hydrogen-bond acceptors (Lipinski definition) is 4. The van der Waals surface area contributed by atoms with Crippen molar-refractivity contribution >= 4 is 23.2 Å². The Kier molecular flexibility index (Phi) is 5.72. The second kappa shape index (κ2) is 8.89. The van der Waals surface area contributed by atoms with E-state index in [0.29, 0.717) is 28.8 Å². The minimum absolute atomic E-state index is 0.00306. The van der Waals surface area contributed by atoms with Gasteiger partial charge in [0.05, 0.1) is 11.6 Å². The van der Waals surface area contributed by atoms with Crippen LogP contribution in [0.5, 0.6) is 0 Å². The molecule has 6 heteroatoms. The molecule has 4 aromatic carbocycles. The molecular formula is C30H28N4O2. The number of benzene rings is 4. The second-order valence-electron chi connectivity index (χ2n) is 9.44. The average Bonchev–Trinajstić information content (AvgIpc) is 2.89. The highest BCUT2D eigenvalue weighted by Gasteiger charge is 2.40. The van der Waals surface area contributed by atoms with E-state index in [1.807, 2.05) is 66.7 Å². The van der Waals surface area contributed by atoms with Crippen LogP contribution >= 0.6 is 0 Å². The number of nitrogen functional groups attached to an aromatic ring is 2. The summed E-state index contributed by atoms with van der Waals surface area (Å²) in [5.74, 6) is -1.01. The summed E-state index contributed by atoms with van der Waals surface area (Å²) < 4.78 is 0. The van der Waals surface area contributed by atoms with Crippen molar-refractivity contribution in [2.24, 2.45) is 5.73 Å². The zero-order chi connectivity index (χ0) is 25.4. The lowest BCUT2D eigenvalue weighted by Crippen LogP contribution is -2.36. The average molecular weight is 477 g/mol. The van der Waals surface area contributed by atoms with Gasteiger partial charge in [0.1, 0.15) is 5.84 Å². The van der Waals surface area contributed by atoms with E-state index in [4.69, 9.17) is 16.9 Å². The molecule has 4 aromatic rings. The van der Waals surface area contributed by atoms with Crippen molar-refractivity contribution in [1.82, 2.24) is 0 Å². The molecule has 1 aliphatic rings. The lowest BCUT2D eigenvalue weighted by molar-refractivity contribution is 0.0696. The lowest BCUT2D eigenvalue weighted by Gasteiger charge is -2.42. The van der Waals surface area contributed by atoms with Gasteiger partial charge in [-0.25, -0.2) is 4.79 Å². The maximum Gasteiger partial charge on any atom is 0.336 e. The molecule has 0 fully saturated rings. The molecule has 1 aliphatic heterocycles. The van der Waals surface area contributed by atoms with E-state index in [-0.39, 0.29) is 17.4 Å². The summed E-state index contributed by atoms with van der Waals surface area (Å²) in [6.45, 7) is 2.15. The standard InChI is InChI=1S/C30H28N4O2/c1-30(20-10-6-3-7-11-20)17-25(34-24-15-12-19(28(32)33)16-22(24)30)27-23(31)14-13-21(26(27)29(35)36)18-8-4-2-5-9-18/h2-16,25,34H,17,31H2,1H3,(H3,32,33)(H,35,36). The van der Waals surface area contributed by atoms with Crippen molar-refractivity contribution in [2.45, 2.75) is 24.8 Å². The van der Waals surface area contributed by atoms with Crippen LogP contribution in [0, 0.1) is 5.41 Å². The molecule has 2 unspecified atom stereocenters. The van der Waals surface area contributed by atoms with Gasteiger partial charge in [-0.05, 0) is 52.9 Å². The molecule has 0 radical (unpaired) electrons. The molecule has 0 saturated heterocycles. The van der Waals surface area contributed by atoms with Gasteiger partial charge in [-0.2, -0.15) is 0 Å². The van der Waals surface area contributed by atoms with Gasteiger partial charge in [0.15, 0.2) is 0 Å². The summed E-state index contributed by atoms with van der Waals surface area (Å²) in [6, 6.07) is 28.5. The van der Waals surface area contributed by atoms with Crippen LogP contribution in [-0.2, 0) is 5.41 Å². The van der Waals surface area contributed by atoms with Gasteiger partial charge in [-0.1, -0.05) is 73.7 Å². The molecule has 1 heterocycles. The number of carbonyl (C=O) groups is 1. The van der Waals surface area contributed by atoms with Crippen molar-refractivity contribution in [2.75, 3.05) is 11.1 Å². The number of hydrogen-bond donors (Lipinski definition) is 5. The van der Waals surface area contributed by atoms with Gasteiger partial charge >= 0.3 is 5.97 Å². The maximum atomic E-state index is 12.7. The van der Waals surface area contributed by atoms with Crippen LogP contribution in [0.25, 0.3) is 11.1 Å². The molecule has 7 N–H and O–H groups in total. The summed E-state index contributed by atoms with van der Waals surface area (Å²) >= 11 is 0. The Morgan fingerprint density at radius 2 is 1.67 bits per heavy atom. The van der Waals surface area contributed by atoms with E-state index >= 15 is 0 Å². The molecule has 180 valence electrons. The number of amidine groups is 1. The van der Waals surface area contributed by atoms with Gasteiger partial charge < -0.3 is 21.9 Å². The Balaban J connectivity index is 1.73. The highest BCUT2D eigenvalue weighted by molar-refractivity contribution is 6.00. The summed E-state index contributed by atoms with van der Waals surface area (Å²) in [5.41, 5.74) is 18.1. The van der Waals surface area contributed by atoms with Gasteiger partial charge in [0.25, 0.3) is 0 Å². The van der Waals surface area contributed by atoms with E-state index in [1.54, 1.807) is 12.1 Å². The summed E-state index contributed by atoms with van der Waals surface area (Å²) in [5, 5.41) is 21.9. The Morgan fingerprint density at radius 3 is 2.31 bits per heavy atom. The Hall–Kier alpha value is -4.58. The zero-order valence-electron chi connectivity index (χ0n) is 20.0. The first-order valence-corrected chi connectivity index (χ1v) is 11.8. The molecular weight excluding hydrogens is 448 g/mol. The van der Waals surface area contributed by atoms with Crippen LogP contribution < -0.4 is 16.8 Å². The molecule has 0 aliphatic carbocycles. The predicted octanol–water partition coefficient (Wildman–Crippen LogP) is 5.78. The molecule has 0 spiro atoms. The van der Waals surface area contributed by atoms with Crippen LogP contribution in [0.2, 0.25) is 0 Å². The van der Waals surface area contributed by atoms with Gasteiger partial charge in [0.2, 0.25) is 0 Å². The number of carboxylic acid groups (broad SMARTS) is 1. The monoisotopic (exact) mass is 476 g/mol. The molecule has 0 amide bonds. The van der Waals surface area contributed by atoms with E-state index in [1.165, 1.54) is 0 Å². The quantitative estimate of drug-likeness (QED) is 0.142. The molecule has 2 atom stereocenters. The molecule has 36 heavy (non-hydrogen) atoms. The van der Waals surface area contributed by atoms with Gasteiger partial charge in [-0.3, -0.25) is 5.41 Å². The Bertz CT molecular complexity index is 1470. The Labute approximate surface area is 210 Å². The fraction of sp³-hybridized carbons (Fsp3) is 0.133. The van der Waals surface area contributed by atoms with Crippen LogP contribution in [0.3, 0.4) is 0 Å². The summed E-state index contributed by atoms with van der Waals surface area (Å²) in [7, 11) is 0. The largest absolute Gasteiger partial charge is 0.478 e. The number of carboxylic acids is 1. The molecule has 5 rings (SSSR count). The predicted molar refractivity (Wildman–Crippen MR) is 145 cm³/mol. The first-order valence-electron chi connectivity index (χ1n) is 11.8. The molecule has 0 saturated carbocycles. The van der Waals surface area contributed by atoms with Crippen LogP contribution in [-0.4, -0.2) is 16.9 Å². The molecule has 0 aromatic heterocycles. The van der Waals surface area contributed by atoms with Crippen LogP contribution in [0.1, 0.15) is 52.0 Å². The van der Waals surface area contributed by atoms with E-state index < -0.39 is 11.4 Å². The van der Waals surface area contributed by atoms with Crippen molar-refractivity contribution < 1.29 is 9.90 Å². The molecule has 6 nitrogen and oxygen atoms in total. The van der Waals surface area contributed by atoms with Crippen molar-refractivity contribution in [3.8, 4) is 11.1 Å². The van der Waals surface area contributed by atoms with E-state index in [9.17, 15) is 9.90 Å². The summed E-state index contributed by atoms with van der Waals surface area (Å²) in [6.07, 6.45) is 0.564. The Morgan fingerprint density at radius 1 is 1.00 bits per heavy atom. The van der Waals surface area contributed by atoms with E-state index in [2.05, 4.69) is 24.4 Å². The van der Waals surface area contributed by atoms with Crippen LogP contribution in [0.4, 0.5) is 11.4 Å². The summed E-state index contributed by atoms with van der Waals surface area (Å²) in [4.78, 5) is 12.7. The topological polar surface area (TPSA) is 125 Å². The maximum absolute atomic E-state index is 12.7. The number of aromatic carboxylic acids is 1. The second-order valence-corrected chi connectivity index (χ2v) is 9.44. The number of nitrogens with one attached hydrogen (secondary N) is 2. The van der Waals surface area contributed by atoms with Crippen molar-refractivity contribution in [3.63, 3.8) is 0 Å². The zero-order valence-corrected chi connectivity index (χ0v) is 20.0. The van der Waals surface area contributed by atoms with Gasteiger partial charge in [-0.15, -0.1) is 0 Å². The minimum Gasteiger partial charge on any atom is -0.478 e. The fourth-order valence-corrected chi connectivity index (χ4v) is 5.40. The number of anilines is 2. The number of rotatable bonds is 5. The highest BCUT2D eigenvalue weighted by Crippen LogP contribution is 2.50. The number of nitrogens with two attached hydrogens (primary N) is 2. The third-order valence-electron chi connectivity index (χ3n) is 7.20. The normalized spacial score (nSPS) is 18.6. The third-order valence-corrected chi connectivity index (χ3v) is 7.20. The number of fused-ring (bicyclic) bond motifs is 1. The first-order chi connectivity index (χ1) is 17.3. The van der Waals surface area contributed by atoms with E-state index in [0.717, 1.165) is 22.4 Å². The first kappa shape index (κ1) is 23.2.